The lowest BCUT2D eigenvalue weighted by atomic mass is 9.92. The topological polar surface area (TPSA) is 69.4 Å². The van der Waals surface area contributed by atoms with E-state index < -0.39 is 50.2 Å². The van der Waals surface area contributed by atoms with Gasteiger partial charge in [0.25, 0.3) is 0 Å². The minimum Gasteiger partial charge on any atom is -0.494 e. The van der Waals surface area contributed by atoms with Gasteiger partial charge in [0, 0.05) is 11.1 Å². The van der Waals surface area contributed by atoms with Gasteiger partial charge in [-0.3, -0.25) is 0 Å². The highest BCUT2D eigenvalue weighted by Gasteiger charge is 2.27. The van der Waals surface area contributed by atoms with Gasteiger partial charge in [-0.15, -0.1) is 0 Å². The van der Waals surface area contributed by atoms with Gasteiger partial charge in [-0.2, -0.15) is 0 Å². The highest BCUT2D eigenvalue weighted by molar-refractivity contribution is 7.89. The molecule has 0 saturated carbocycles. The normalized spacial score (nSPS) is 11.6. The van der Waals surface area contributed by atoms with E-state index in [9.17, 15) is 30.4 Å². The molecule has 0 unspecified atom stereocenters. The van der Waals surface area contributed by atoms with Gasteiger partial charge in [0.2, 0.25) is 10.0 Å². The lowest BCUT2D eigenvalue weighted by Gasteiger charge is -2.15. The van der Waals surface area contributed by atoms with Crippen LogP contribution >= 0.6 is 0 Å². The maximum atomic E-state index is 14.6. The number of halogens is 5. The summed E-state index contributed by atoms with van der Waals surface area (Å²) < 4.78 is 98.4. The molecular formula is C19H12F5NO3S. The van der Waals surface area contributed by atoms with E-state index in [0.29, 0.717) is 0 Å². The lowest BCUT2D eigenvalue weighted by Crippen LogP contribution is -2.11. The average Bonchev–Trinajstić information content (AvgIpc) is 2.69. The molecule has 3 aromatic rings. The predicted octanol–water partition coefficient (Wildman–Crippen LogP) is 4.37. The molecule has 0 amide bonds. The third-order valence-corrected chi connectivity index (χ3v) is 5.11. The van der Waals surface area contributed by atoms with Crippen molar-refractivity contribution in [3.05, 3.63) is 71.6 Å². The van der Waals surface area contributed by atoms with Crippen molar-refractivity contribution in [3.8, 4) is 28.0 Å². The fraction of sp³-hybridized carbons (Fsp3) is 0.0526. The van der Waals surface area contributed by atoms with Crippen LogP contribution in [0.1, 0.15) is 0 Å². The van der Waals surface area contributed by atoms with Gasteiger partial charge in [-0.1, -0.05) is 18.2 Å². The monoisotopic (exact) mass is 429 g/mol. The summed E-state index contributed by atoms with van der Waals surface area (Å²) >= 11 is 0. The van der Waals surface area contributed by atoms with Gasteiger partial charge < -0.3 is 4.74 Å². The first-order valence-corrected chi connectivity index (χ1v) is 9.44. The number of hydrogen-bond donors (Lipinski definition) is 1. The molecule has 10 heteroatoms. The maximum Gasteiger partial charge on any atom is 0.238 e. The molecule has 29 heavy (non-hydrogen) atoms. The molecule has 152 valence electrons. The van der Waals surface area contributed by atoms with Crippen LogP contribution in [0.5, 0.6) is 5.75 Å². The molecule has 0 aliphatic rings. The maximum absolute atomic E-state index is 14.6. The van der Waals surface area contributed by atoms with Gasteiger partial charge in [0.15, 0.2) is 34.8 Å². The van der Waals surface area contributed by atoms with Crippen molar-refractivity contribution >= 4 is 10.0 Å². The molecule has 0 spiro atoms. The van der Waals surface area contributed by atoms with Crippen LogP contribution in [0.25, 0.3) is 22.3 Å². The Labute approximate surface area is 162 Å². The highest BCUT2D eigenvalue weighted by Crippen LogP contribution is 2.40. The number of benzene rings is 3. The van der Waals surface area contributed by atoms with Crippen LogP contribution in [0, 0.1) is 29.1 Å². The first-order chi connectivity index (χ1) is 13.6. The van der Waals surface area contributed by atoms with Crippen molar-refractivity contribution in [1.82, 2.24) is 0 Å². The Hall–Kier alpha value is -2.98. The average molecular weight is 429 g/mol. The van der Waals surface area contributed by atoms with Crippen molar-refractivity contribution in [2.45, 2.75) is 4.90 Å². The minimum atomic E-state index is -4.07. The summed E-state index contributed by atoms with van der Waals surface area (Å²) in [6.45, 7) is 0. The van der Waals surface area contributed by atoms with E-state index in [1.165, 1.54) is 0 Å². The molecule has 2 N–H and O–H groups in total. The third-order valence-electron chi connectivity index (χ3n) is 4.18. The molecule has 0 fully saturated rings. The van der Waals surface area contributed by atoms with Crippen molar-refractivity contribution in [1.29, 1.82) is 0 Å². The molecule has 0 heterocycles. The fourth-order valence-electron chi connectivity index (χ4n) is 2.80. The third kappa shape index (κ3) is 3.68. The van der Waals surface area contributed by atoms with E-state index in [1.54, 1.807) is 0 Å². The van der Waals surface area contributed by atoms with Crippen LogP contribution in [0.3, 0.4) is 0 Å². The zero-order valence-corrected chi connectivity index (χ0v) is 15.5. The molecular weight excluding hydrogens is 417 g/mol. The van der Waals surface area contributed by atoms with Crippen LogP contribution in [-0.4, -0.2) is 15.5 Å². The first-order valence-electron chi connectivity index (χ1n) is 7.89. The summed E-state index contributed by atoms with van der Waals surface area (Å²) in [5.74, 6) is -8.65. The van der Waals surface area contributed by atoms with Crippen molar-refractivity contribution < 1.29 is 35.1 Å². The van der Waals surface area contributed by atoms with Crippen LogP contribution in [0.2, 0.25) is 0 Å². The van der Waals surface area contributed by atoms with Gasteiger partial charge in [0.1, 0.15) is 0 Å². The van der Waals surface area contributed by atoms with Crippen LogP contribution in [0.15, 0.2) is 47.4 Å². The summed E-state index contributed by atoms with van der Waals surface area (Å²) in [7, 11) is -2.93. The van der Waals surface area contributed by atoms with Crippen molar-refractivity contribution in [2.24, 2.45) is 5.14 Å². The van der Waals surface area contributed by atoms with Gasteiger partial charge >= 0.3 is 0 Å². The Morgan fingerprint density at radius 2 is 1.24 bits per heavy atom. The predicted molar refractivity (Wildman–Crippen MR) is 95.0 cm³/mol. The molecule has 0 aromatic heterocycles. The van der Waals surface area contributed by atoms with Gasteiger partial charge in [-0.05, 0) is 35.4 Å². The standard InChI is InChI=1S/C19H12F5NO3S/c1-28-13-8-10(4-7-12(13)20)15-14(16(21)18(23)19(24)17(15)22)9-2-5-11(6-3-9)29(25,26)27/h2-8H,1H3,(H2,25,26,27). The second kappa shape index (κ2) is 7.45. The van der Waals surface area contributed by atoms with Crippen LogP contribution in [0.4, 0.5) is 22.0 Å². The van der Waals surface area contributed by atoms with E-state index in [1.807, 2.05) is 0 Å². The molecule has 0 saturated heterocycles. The van der Waals surface area contributed by atoms with Crippen molar-refractivity contribution in [3.63, 3.8) is 0 Å². The fourth-order valence-corrected chi connectivity index (χ4v) is 3.32. The Bertz CT molecular complexity index is 1210. The number of nitrogens with two attached hydrogens (primary N) is 1. The number of hydrogen-bond acceptors (Lipinski definition) is 3. The summed E-state index contributed by atoms with van der Waals surface area (Å²) in [5, 5.41) is 4.99. The first kappa shape index (κ1) is 20.7. The zero-order valence-electron chi connectivity index (χ0n) is 14.6. The largest absolute Gasteiger partial charge is 0.494 e. The van der Waals surface area contributed by atoms with Crippen molar-refractivity contribution in [2.75, 3.05) is 7.11 Å². The Morgan fingerprint density at radius 1 is 0.759 bits per heavy atom. The molecule has 3 aromatic carbocycles. The summed E-state index contributed by atoms with van der Waals surface area (Å²) in [6, 6.07) is 7.03. The molecule has 0 aliphatic heterocycles. The number of sulfonamides is 1. The minimum absolute atomic E-state index is 0.161. The Morgan fingerprint density at radius 3 is 1.72 bits per heavy atom. The Kier molecular flexibility index (Phi) is 5.33. The van der Waals surface area contributed by atoms with Gasteiger partial charge in [-0.25, -0.2) is 35.5 Å². The molecule has 0 radical (unpaired) electrons. The van der Waals surface area contributed by atoms with Gasteiger partial charge in [0.05, 0.1) is 12.0 Å². The van der Waals surface area contributed by atoms with E-state index in [0.717, 1.165) is 49.6 Å². The second-order valence-corrected chi connectivity index (χ2v) is 7.49. The van der Waals surface area contributed by atoms with E-state index >= 15 is 0 Å². The smallest absolute Gasteiger partial charge is 0.238 e. The van der Waals surface area contributed by atoms with Crippen LogP contribution in [-0.2, 0) is 10.0 Å². The van der Waals surface area contributed by atoms with E-state index in [2.05, 4.69) is 0 Å². The number of primary sulfonamides is 1. The molecule has 0 atom stereocenters. The SMILES string of the molecule is COc1cc(-c2c(F)c(F)c(F)c(F)c2-c2ccc(S(N)(=O)=O)cc2)ccc1F. The van der Waals surface area contributed by atoms with E-state index in [4.69, 9.17) is 9.88 Å². The Balaban J connectivity index is 2.35. The van der Waals surface area contributed by atoms with E-state index in [-0.39, 0.29) is 21.8 Å². The number of rotatable bonds is 4. The summed E-state index contributed by atoms with van der Waals surface area (Å²) in [5.41, 5.74) is -1.73. The molecule has 0 aliphatic carbocycles. The quantitative estimate of drug-likeness (QED) is 0.380. The highest BCUT2D eigenvalue weighted by atomic mass is 32.2. The second-order valence-electron chi connectivity index (χ2n) is 5.92. The molecule has 0 bridgehead atoms. The summed E-state index contributed by atoms with van der Waals surface area (Å²) in [6.07, 6.45) is 0. The molecule has 3 rings (SSSR count). The lowest BCUT2D eigenvalue weighted by molar-refractivity contribution is 0.386. The van der Waals surface area contributed by atoms with Crippen LogP contribution < -0.4 is 9.88 Å². The number of ether oxygens (including phenoxy) is 1. The zero-order chi connectivity index (χ0) is 21.5. The molecule has 4 nitrogen and oxygen atoms in total. The number of methoxy groups -OCH3 is 1. The summed E-state index contributed by atoms with van der Waals surface area (Å²) in [4.78, 5) is -0.324.